The summed E-state index contributed by atoms with van der Waals surface area (Å²) in [5.41, 5.74) is 2.79. The van der Waals surface area contributed by atoms with E-state index in [2.05, 4.69) is 18.8 Å². The fourth-order valence-electron chi connectivity index (χ4n) is 5.55. The molecule has 246 valence electrons. The molecule has 3 aromatic carbocycles. The first-order chi connectivity index (χ1) is 21.9. The van der Waals surface area contributed by atoms with Crippen molar-refractivity contribution < 1.29 is 28.6 Å². The second-order valence-electron chi connectivity index (χ2n) is 12.7. The summed E-state index contributed by atoms with van der Waals surface area (Å²) in [5.74, 6) is 0.559. The number of ether oxygens (including phenoxy) is 3. The first-order valence-corrected chi connectivity index (χ1v) is 15.9. The minimum Gasteiger partial charge on any atom is -0.496 e. The molecule has 0 unspecified atom stereocenters. The predicted molar refractivity (Wildman–Crippen MR) is 182 cm³/mol. The monoisotopic (exact) mass is 629 g/mol. The number of hydrogen-bond acceptors (Lipinski definition) is 6. The van der Waals surface area contributed by atoms with Crippen LogP contribution in [0.25, 0.3) is 16.5 Å². The molecule has 1 aliphatic rings. The molecule has 1 N–H and O–H groups in total. The van der Waals surface area contributed by atoms with Gasteiger partial charge in [-0.25, -0.2) is 4.79 Å². The largest absolute Gasteiger partial charge is 0.496 e. The Bertz CT molecular complexity index is 1590. The molecule has 0 fully saturated rings. The molecule has 46 heavy (non-hydrogen) atoms. The van der Waals surface area contributed by atoms with Crippen LogP contribution in [0, 0.1) is 0 Å². The lowest BCUT2D eigenvalue weighted by Crippen LogP contribution is -2.54. The number of unbranched alkanes of at least 4 members (excludes halogenated alkanes) is 1. The van der Waals surface area contributed by atoms with Crippen molar-refractivity contribution in [2.75, 3.05) is 25.7 Å². The number of benzene rings is 3. The number of carbonyl (C=O) groups is 3. The zero-order valence-corrected chi connectivity index (χ0v) is 28.1. The van der Waals surface area contributed by atoms with Crippen LogP contribution in [0.15, 0.2) is 61.2 Å². The number of carbonyl (C=O) groups excluding carboxylic acids is 3. The maximum Gasteiger partial charge on any atom is 0.410 e. The zero-order chi connectivity index (χ0) is 33.6. The van der Waals surface area contributed by atoms with Crippen LogP contribution in [-0.2, 0) is 32.0 Å². The number of fused-ring (bicyclic) bond motifs is 2. The van der Waals surface area contributed by atoms with Crippen LogP contribution in [0.3, 0.4) is 0 Å². The van der Waals surface area contributed by atoms with Crippen LogP contribution in [0.4, 0.5) is 10.5 Å². The molecule has 0 spiro atoms. The summed E-state index contributed by atoms with van der Waals surface area (Å²) in [6.45, 7) is 14.0. The zero-order valence-electron chi connectivity index (χ0n) is 28.1. The molecule has 3 amide bonds. The number of methoxy groups -OCH3 is 1. The number of nitrogens with one attached hydrogen (secondary N) is 1. The molecule has 9 nitrogen and oxygen atoms in total. The maximum atomic E-state index is 14.4. The van der Waals surface area contributed by atoms with E-state index in [4.69, 9.17) is 14.2 Å². The molecular weight excluding hydrogens is 582 g/mol. The van der Waals surface area contributed by atoms with Crippen molar-refractivity contribution in [1.82, 2.24) is 10.2 Å². The molecule has 0 saturated heterocycles. The number of likely N-dealkylation sites (N-methyl/N-ethyl adjacent to an activating group) is 1. The molecule has 0 aromatic heterocycles. The van der Waals surface area contributed by atoms with E-state index in [0.29, 0.717) is 31.0 Å². The molecular formula is C37H47N3O6. The number of hydrogen-bond donors (Lipinski definition) is 1. The second kappa shape index (κ2) is 14.7. The number of para-hydroxylation sites is 1. The van der Waals surface area contributed by atoms with Gasteiger partial charge in [-0.15, -0.1) is 0 Å². The average Bonchev–Trinajstić information content (AvgIpc) is 3.15. The van der Waals surface area contributed by atoms with E-state index in [-0.39, 0.29) is 12.5 Å². The van der Waals surface area contributed by atoms with Gasteiger partial charge in [-0.2, -0.15) is 0 Å². The highest BCUT2D eigenvalue weighted by molar-refractivity contribution is 6.02. The van der Waals surface area contributed by atoms with Crippen molar-refractivity contribution in [3.05, 3.63) is 77.9 Å². The van der Waals surface area contributed by atoms with Gasteiger partial charge in [-0.05, 0) is 81.5 Å². The summed E-state index contributed by atoms with van der Waals surface area (Å²) in [6, 6.07) is 16.0. The Morgan fingerprint density at radius 3 is 2.52 bits per heavy atom. The molecule has 9 heteroatoms. The summed E-state index contributed by atoms with van der Waals surface area (Å²) in [5, 5.41) is 4.79. The Kier molecular flexibility index (Phi) is 11.0. The Morgan fingerprint density at radius 2 is 1.83 bits per heavy atom. The van der Waals surface area contributed by atoms with Crippen LogP contribution in [0.2, 0.25) is 0 Å². The van der Waals surface area contributed by atoms with E-state index < -0.39 is 29.7 Å². The average molecular weight is 630 g/mol. The van der Waals surface area contributed by atoms with Gasteiger partial charge in [-0.3, -0.25) is 14.5 Å². The molecule has 3 aromatic rings. The van der Waals surface area contributed by atoms with Crippen molar-refractivity contribution in [2.24, 2.45) is 0 Å². The van der Waals surface area contributed by atoms with Crippen LogP contribution in [0.5, 0.6) is 5.75 Å². The summed E-state index contributed by atoms with van der Waals surface area (Å²) >= 11 is 0. The first kappa shape index (κ1) is 34.3. The maximum absolute atomic E-state index is 14.4. The smallest absolute Gasteiger partial charge is 0.410 e. The molecule has 0 radical (unpaired) electrons. The third kappa shape index (κ3) is 7.81. The van der Waals surface area contributed by atoms with E-state index in [9.17, 15) is 14.4 Å². The summed E-state index contributed by atoms with van der Waals surface area (Å²) in [6.07, 6.45) is 2.35. The molecule has 1 aliphatic heterocycles. The second-order valence-corrected chi connectivity index (χ2v) is 12.7. The van der Waals surface area contributed by atoms with Gasteiger partial charge in [0.1, 0.15) is 29.2 Å². The summed E-state index contributed by atoms with van der Waals surface area (Å²) in [7, 11) is 3.13. The van der Waals surface area contributed by atoms with E-state index in [1.807, 2.05) is 54.6 Å². The minimum absolute atomic E-state index is 0.211. The number of amides is 3. The van der Waals surface area contributed by atoms with Gasteiger partial charge >= 0.3 is 6.09 Å². The molecule has 0 saturated carbocycles. The van der Waals surface area contributed by atoms with Gasteiger partial charge in [0, 0.05) is 23.9 Å². The van der Waals surface area contributed by atoms with Gasteiger partial charge < -0.3 is 24.4 Å². The van der Waals surface area contributed by atoms with Crippen molar-refractivity contribution in [3.8, 4) is 5.75 Å². The van der Waals surface area contributed by atoms with Crippen LogP contribution in [0.1, 0.15) is 70.6 Å². The molecule has 4 rings (SSSR count). The lowest BCUT2D eigenvalue weighted by Gasteiger charge is -2.30. The van der Waals surface area contributed by atoms with E-state index >= 15 is 0 Å². The van der Waals surface area contributed by atoms with Gasteiger partial charge in [0.15, 0.2) is 0 Å². The molecule has 0 aliphatic carbocycles. The van der Waals surface area contributed by atoms with E-state index in [1.165, 1.54) is 11.9 Å². The van der Waals surface area contributed by atoms with Gasteiger partial charge in [0.05, 0.1) is 20.3 Å². The van der Waals surface area contributed by atoms with Gasteiger partial charge in [-0.1, -0.05) is 56.3 Å². The van der Waals surface area contributed by atoms with Crippen LogP contribution >= 0.6 is 0 Å². The third-order valence-corrected chi connectivity index (χ3v) is 8.25. The number of nitrogens with zero attached hydrogens (tertiary/aromatic N) is 2. The molecule has 0 bridgehead atoms. The molecule has 2 atom stereocenters. The Labute approximate surface area is 272 Å². The van der Waals surface area contributed by atoms with Crippen LogP contribution < -0.4 is 15.0 Å². The van der Waals surface area contributed by atoms with Crippen LogP contribution in [-0.4, -0.2) is 61.3 Å². The Balaban J connectivity index is 1.67. The van der Waals surface area contributed by atoms with E-state index in [1.54, 1.807) is 39.7 Å². The first-order valence-electron chi connectivity index (χ1n) is 15.9. The minimum atomic E-state index is -0.856. The lowest BCUT2D eigenvalue weighted by atomic mass is 9.97. The van der Waals surface area contributed by atoms with Crippen molar-refractivity contribution in [2.45, 2.75) is 84.5 Å². The number of anilines is 1. The fourth-order valence-corrected chi connectivity index (χ4v) is 5.55. The highest BCUT2D eigenvalue weighted by Gasteiger charge is 2.35. The Hall–Kier alpha value is -4.53. The molecule has 1 heterocycles. The third-order valence-electron chi connectivity index (χ3n) is 8.25. The number of aryl methyl sites for hydroxylation is 1. The Morgan fingerprint density at radius 1 is 1.09 bits per heavy atom. The van der Waals surface area contributed by atoms with Gasteiger partial charge in [0.2, 0.25) is 11.8 Å². The SMILES string of the molecule is C=C(OCCCC)c1cccc2c(CN3C(=O)[C@@H](NC(=O)[C@H](C)N(C)C(=O)OC(C)(C)C)CCc4ccccc43)c(OC)ccc12. The van der Waals surface area contributed by atoms with Crippen molar-refractivity contribution >= 4 is 40.1 Å². The summed E-state index contributed by atoms with van der Waals surface area (Å²) < 4.78 is 17.2. The predicted octanol–water partition coefficient (Wildman–Crippen LogP) is 6.86. The normalized spacial score (nSPS) is 15.4. The standard InChI is InChI=1S/C37H47N3O6/c1-9-10-22-45-25(3)27-15-13-16-28-29(27)19-21-33(44-8)30(28)23-40-32-17-12-11-14-26(32)18-20-31(35(40)42)38-34(41)24(2)39(7)36(43)46-37(4,5)6/h11-17,19,21,24,31H,3,9-10,18,20,22-23H2,1-2,4-8H3,(H,38,41)/t24-,31-/m0/s1. The van der Waals surface area contributed by atoms with Gasteiger partial charge in [0.25, 0.3) is 0 Å². The lowest BCUT2D eigenvalue weighted by molar-refractivity contribution is -0.130. The fraction of sp³-hybridized carbons (Fsp3) is 0.432. The van der Waals surface area contributed by atoms with E-state index in [0.717, 1.165) is 46.0 Å². The number of rotatable bonds is 11. The van der Waals surface area contributed by atoms with Crippen molar-refractivity contribution in [3.63, 3.8) is 0 Å². The summed E-state index contributed by atoms with van der Waals surface area (Å²) in [4.78, 5) is 43.4. The quantitative estimate of drug-likeness (QED) is 0.184. The topological polar surface area (TPSA) is 97.4 Å². The van der Waals surface area contributed by atoms with Crippen molar-refractivity contribution in [1.29, 1.82) is 0 Å². The highest BCUT2D eigenvalue weighted by atomic mass is 16.6. The highest BCUT2D eigenvalue weighted by Crippen LogP contribution is 2.36.